The van der Waals surface area contributed by atoms with Gasteiger partial charge in [0.2, 0.25) is 0 Å². The Morgan fingerprint density at radius 2 is 2.25 bits per heavy atom. The predicted molar refractivity (Wildman–Crippen MR) is 82.3 cm³/mol. The van der Waals surface area contributed by atoms with Gasteiger partial charge in [0, 0.05) is 17.5 Å². The second-order valence-corrected chi connectivity index (χ2v) is 5.82. The molecule has 0 saturated carbocycles. The Hall–Kier alpha value is -1.06. The fraction of sp³-hybridized carbons (Fsp3) is 0.647. The van der Waals surface area contributed by atoms with Gasteiger partial charge in [-0.1, -0.05) is 24.6 Å². The molecule has 1 heterocycles. The molecule has 1 fully saturated rings. The lowest BCUT2D eigenvalue weighted by Gasteiger charge is -2.26. The Balaban J connectivity index is 2.27. The van der Waals surface area contributed by atoms with Crippen LogP contribution in [-0.4, -0.2) is 26.4 Å². The molecule has 3 atom stereocenters. The van der Waals surface area contributed by atoms with Crippen molar-refractivity contribution in [1.82, 2.24) is 5.32 Å². The molecule has 2 rings (SSSR count). The quantitative estimate of drug-likeness (QED) is 0.863. The molecule has 3 heteroatoms. The maximum atomic E-state index is 5.77. The van der Waals surface area contributed by atoms with Gasteiger partial charge in [0.25, 0.3) is 0 Å². The molecule has 0 bridgehead atoms. The smallest absolute Gasteiger partial charge is 0.123 e. The average Bonchev–Trinajstić information content (AvgIpc) is 2.86. The SMILES string of the molecule is CCCNC(c1cc(C)ccc1OC)C1COC(C)C1. The van der Waals surface area contributed by atoms with Crippen molar-refractivity contribution in [1.29, 1.82) is 0 Å². The van der Waals surface area contributed by atoms with Crippen LogP contribution < -0.4 is 10.1 Å². The first-order chi connectivity index (χ1) is 9.65. The first-order valence-electron chi connectivity index (χ1n) is 7.65. The molecular weight excluding hydrogens is 250 g/mol. The van der Waals surface area contributed by atoms with Crippen LogP contribution in [0.5, 0.6) is 5.75 Å². The van der Waals surface area contributed by atoms with Gasteiger partial charge in [-0.2, -0.15) is 0 Å². The zero-order valence-electron chi connectivity index (χ0n) is 13.1. The summed E-state index contributed by atoms with van der Waals surface area (Å²) in [6.07, 6.45) is 2.61. The number of rotatable bonds is 6. The molecule has 1 N–H and O–H groups in total. The number of benzene rings is 1. The third-order valence-corrected chi connectivity index (χ3v) is 4.04. The summed E-state index contributed by atoms with van der Waals surface area (Å²) in [7, 11) is 1.75. The average molecular weight is 277 g/mol. The maximum absolute atomic E-state index is 5.77. The van der Waals surface area contributed by atoms with E-state index in [0.29, 0.717) is 18.1 Å². The zero-order valence-corrected chi connectivity index (χ0v) is 13.1. The Morgan fingerprint density at radius 1 is 1.45 bits per heavy atom. The van der Waals surface area contributed by atoms with Crippen LogP contribution >= 0.6 is 0 Å². The van der Waals surface area contributed by atoms with Crippen LogP contribution in [0.15, 0.2) is 18.2 Å². The second-order valence-electron chi connectivity index (χ2n) is 5.82. The van der Waals surface area contributed by atoms with E-state index in [-0.39, 0.29) is 0 Å². The van der Waals surface area contributed by atoms with E-state index in [1.54, 1.807) is 7.11 Å². The molecule has 1 saturated heterocycles. The van der Waals surface area contributed by atoms with Gasteiger partial charge in [0.05, 0.1) is 19.8 Å². The van der Waals surface area contributed by atoms with Crippen LogP contribution in [0.2, 0.25) is 0 Å². The molecule has 0 radical (unpaired) electrons. The highest BCUT2D eigenvalue weighted by molar-refractivity contribution is 5.39. The summed E-state index contributed by atoms with van der Waals surface area (Å²) in [4.78, 5) is 0. The van der Waals surface area contributed by atoms with Gasteiger partial charge in [-0.15, -0.1) is 0 Å². The highest BCUT2D eigenvalue weighted by atomic mass is 16.5. The molecular formula is C17H27NO2. The highest BCUT2D eigenvalue weighted by Gasteiger charge is 2.31. The van der Waals surface area contributed by atoms with Crippen molar-refractivity contribution in [2.75, 3.05) is 20.3 Å². The normalized spacial score (nSPS) is 23.8. The van der Waals surface area contributed by atoms with Crippen molar-refractivity contribution in [3.05, 3.63) is 29.3 Å². The molecule has 0 amide bonds. The lowest BCUT2D eigenvalue weighted by atomic mass is 9.89. The van der Waals surface area contributed by atoms with Crippen LogP contribution in [0.25, 0.3) is 0 Å². The first-order valence-corrected chi connectivity index (χ1v) is 7.65. The molecule has 1 aliphatic rings. The molecule has 1 aliphatic heterocycles. The van der Waals surface area contributed by atoms with E-state index in [2.05, 4.69) is 44.3 Å². The van der Waals surface area contributed by atoms with Gasteiger partial charge in [-0.05, 0) is 39.3 Å². The molecule has 1 aromatic rings. The van der Waals surface area contributed by atoms with Crippen LogP contribution in [0.1, 0.15) is 43.9 Å². The summed E-state index contributed by atoms with van der Waals surface area (Å²) in [5.74, 6) is 1.50. The predicted octanol–water partition coefficient (Wildman–Crippen LogP) is 3.47. The van der Waals surface area contributed by atoms with Crippen molar-refractivity contribution >= 4 is 0 Å². The van der Waals surface area contributed by atoms with Crippen molar-refractivity contribution in [2.45, 2.75) is 45.8 Å². The zero-order chi connectivity index (χ0) is 14.5. The number of nitrogens with one attached hydrogen (secondary N) is 1. The molecule has 3 nitrogen and oxygen atoms in total. The Bertz CT molecular complexity index is 433. The topological polar surface area (TPSA) is 30.5 Å². The number of aryl methyl sites for hydroxylation is 1. The summed E-state index contributed by atoms with van der Waals surface area (Å²) in [5.41, 5.74) is 2.54. The van der Waals surface area contributed by atoms with E-state index >= 15 is 0 Å². The maximum Gasteiger partial charge on any atom is 0.123 e. The minimum absolute atomic E-state index is 0.315. The molecule has 20 heavy (non-hydrogen) atoms. The first kappa shape index (κ1) is 15.3. The number of methoxy groups -OCH3 is 1. The third kappa shape index (κ3) is 3.53. The molecule has 0 aliphatic carbocycles. The fourth-order valence-corrected chi connectivity index (χ4v) is 3.01. The number of hydrogen-bond donors (Lipinski definition) is 1. The van der Waals surface area contributed by atoms with Crippen molar-refractivity contribution in [2.24, 2.45) is 5.92 Å². The van der Waals surface area contributed by atoms with Gasteiger partial charge in [-0.3, -0.25) is 0 Å². The second kappa shape index (κ2) is 7.09. The van der Waals surface area contributed by atoms with Gasteiger partial charge < -0.3 is 14.8 Å². The highest BCUT2D eigenvalue weighted by Crippen LogP contribution is 2.36. The largest absolute Gasteiger partial charge is 0.496 e. The van der Waals surface area contributed by atoms with E-state index in [1.807, 2.05) is 0 Å². The standard InChI is InChI=1S/C17H27NO2/c1-5-8-18-17(14-10-13(3)20-11-14)15-9-12(2)6-7-16(15)19-4/h6-7,9,13-14,17-18H,5,8,10-11H2,1-4H3. The molecule has 112 valence electrons. The van der Waals surface area contributed by atoms with Crippen LogP contribution in [0.3, 0.4) is 0 Å². The van der Waals surface area contributed by atoms with Crippen LogP contribution in [-0.2, 0) is 4.74 Å². The van der Waals surface area contributed by atoms with Gasteiger partial charge in [-0.25, -0.2) is 0 Å². The Morgan fingerprint density at radius 3 is 2.85 bits per heavy atom. The summed E-state index contributed by atoms with van der Waals surface area (Å²) in [5, 5.41) is 3.69. The molecule has 3 unspecified atom stereocenters. The lowest BCUT2D eigenvalue weighted by Crippen LogP contribution is -2.30. The fourth-order valence-electron chi connectivity index (χ4n) is 3.01. The van der Waals surface area contributed by atoms with Gasteiger partial charge in [0.1, 0.15) is 5.75 Å². The van der Waals surface area contributed by atoms with Crippen LogP contribution in [0.4, 0.5) is 0 Å². The van der Waals surface area contributed by atoms with Crippen molar-refractivity contribution in [3.63, 3.8) is 0 Å². The van der Waals surface area contributed by atoms with Gasteiger partial charge in [0.15, 0.2) is 0 Å². The summed E-state index contributed by atoms with van der Waals surface area (Å²) in [6, 6.07) is 6.74. The molecule has 0 aromatic heterocycles. The van der Waals surface area contributed by atoms with E-state index in [9.17, 15) is 0 Å². The van der Waals surface area contributed by atoms with Crippen LogP contribution in [0, 0.1) is 12.8 Å². The van der Waals surface area contributed by atoms with Gasteiger partial charge >= 0.3 is 0 Å². The number of hydrogen-bond acceptors (Lipinski definition) is 3. The monoisotopic (exact) mass is 277 g/mol. The van der Waals surface area contributed by atoms with E-state index in [1.165, 1.54) is 11.1 Å². The van der Waals surface area contributed by atoms with E-state index in [0.717, 1.165) is 31.7 Å². The minimum Gasteiger partial charge on any atom is -0.496 e. The summed E-state index contributed by atoms with van der Waals surface area (Å²) < 4.78 is 11.3. The third-order valence-electron chi connectivity index (χ3n) is 4.04. The summed E-state index contributed by atoms with van der Waals surface area (Å²) in [6.45, 7) is 8.34. The van der Waals surface area contributed by atoms with E-state index < -0.39 is 0 Å². The molecule has 0 spiro atoms. The minimum atomic E-state index is 0.315. The van der Waals surface area contributed by atoms with Crippen molar-refractivity contribution < 1.29 is 9.47 Å². The Kier molecular flexibility index (Phi) is 5.44. The van der Waals surface area contributed by atoms with E-state index in [4.69, 9.17) is 9.47 Å². The lowest BCUT2D eigenvalue weighted by molar-refractivity contribution is 0.116. The molecule has 1 aromatic carbocycles. The Labute approximate surface area is 122 Å². The van der Waals surface area contributed by atoms with Crippen molar-refractivity contribution in [3.8, 4) is 5.75 Å². The number of ether oxygens (including phenoxy) is 2. The summed E-state index contributed by atoms with van der Waals surface area (Å²) >= 11 is 0.